The Morgan fingerprint density at radius 2 is 2.38 bits per heavy atom. The highest BCUT2D eigenvalue weighted by molar-refractivity contribution is 7.99. The Balaban J connectivity index is 2.35. The molecule has 0 spiro atoms. The molecule has 1 aromatic heterocycles. The van der Waals surface area contributed by atoms with Crippen LogP contribution in [0.25, 0.3) is 0 Å². The number of hydrogen-bond donors (Lipinski definition) is 1. The van der Waals surface area contributed by atoms with E-state index in [0.29, 0.717) is 0 Å². The number of rotatable bonds is 8. The summed E-state index contributed by atoms with van der Waals surface area (Å²) in [7, 11) is 0. The van der Waals surface area contributed by atoms with Gasteiger partial charge in [-0.05, 0) is 24.9 Å². The van der Waals surface area contributed by atoms with Crippen LogP contribution in [0.4, 0.5) is 0 Å². The summed E-state index contributed by atoms with van der Waals surface area (Å²) < 4.78 is 2.02. The van der Waals surface area contributed by atoms with Gasteiger partial charge in [-0.25, -0.2) is 4.98 Å². The molecule has 0 amide bonds. The molecule has 0 unspecified atom stereocenters. The number of hydrogen-bond acceptors (Lipinski definition) is 4. The van der Waals surface area contributed by atoms with Crippen LogP contribution in [0.1, 0.15) is 12.8 Å². The van der Waals surface area contributed by atoms with Gasteiger partial charge in [-0.1, -0.05) is 11.8 Å². The van der Waals surface area contributed by atoms with Crippen molar-refractivity contribution < 1.29 is 9.90 Å². The second-order valence-electron chi connectivity index (χ2n) is 3.29. The summed E-state index contributed by atoms with van der Waals surface area (Å²) in [5, 5.41) is 9.39. The Hall–Kier alpha value is -0.620. The Labute approximate surface area is 104 Å². The van der Waals surface area contributed by atoms with Crippen molar-refractivity contribution in [1.29, 1.82) is 0 Å². The number of nitrogens with zero attached hydrogens (tertiary/aromatic N) is 2. The molecule has 0 radical (unpaired) electrons. The summed E-state index contributed by atoms with van der Waals surface area (Å²) in [6, 6.07) is 0. The number of aromatic nitrogens is 2. The molecular formula is C10H16N2O2S2. The van der Waals surface area contributed by atoms with Crippen molar-refractivity contribution in [2.24, 2.45) is 0 Å². The molecule has 0 aliphatic heterocycles. The third kappa shape index (κ3) is 4.94. The molecule has 16 heavy (non-hydrogen) atoms. The molecule has 1 N–H and O–H groups in total. The Morgan fingerprint density at radius 1 is 1.56 bits per heavy atom. The van der Waals surface area contributed by atoms with Crippen molar-refractivity contribution in [1.82, 2.24) is 9.55 Å². The van der Waals surface area contributed by atoms with Gasteiger partial charge in [-0.15, -0.1) is 0 Å². The summed E-state index contributed by atoms with van der Waals surface area (Å²) in [6.07, 6.45) is 8.02. The zero-order valence-electron chi connectivity index (χ0n) is 9.26. The number of aryl methyl sites for hydroxylation is 1. The molecule has 0 saturated carbocycles. The van der Waals surface area contributed by atoms with Gasteiger partial charge in [0.25, 0.3) is 0 Å². The molecule has 6 heteroatoms. The molecule has 0 atom stereocenters. The Morgan fingerprint density at radius 3 is 3.06 bits per heavy atom. The number of carboxylic acid groups (broad SMARTS) is 1. The molecule has 0 saturated heterocycles. The molecule has 1 heterocycles. The maximum Gasteiger partial charge on any atom is 0.313 e. The second kappa shape index (κ2) is 7.62. The van der Waals surface area contributed by atoms with E-state index in [1.165, 1.54) is 23.9 Å². The van der Waals surface area contributed by atoms with E-state index in [4.69, 9.17) is 5.11 Å². The number of carboxylic acids is 1. The molecule has 0 aliphatic carbocycles. The summed E-state index contributed by atoms with van der Waals surface area (Å²) in [5.74, 6) is 0.440. The molecule has 0 fully saturated rings. The first-order valence-corrected chi connectivity index (χ1v) is 7.46. The molecule has 1 rings (SSSR count). The minimum Gasteiger partial charge on any atom is -0.481 e. The smallest absolute Gasteiger partial charge is 0.313 e. The lowest BCUT2D eigenvalue weighted by Crippen LogP contribution is -2.03. The monoisotopic (exact) mass is 260 g/mol. The third-order valence-electron chi connectivity index (χ3n) is 2.00. The fourth-order valence-corrected chi connectivity index (χ4v) is 2.46. The van der Waals surface area contributed by atoms with E-state index in [-0.39, 0.29) is 5.75 Å². The Bertz CT molecular complexity index is 328. The number of thioether (sulfide) groups is 2. The highest BCUT2D eigenvalue weighted by Crippen LogP contribution is 2.16. The van der Waals surface area contributed by atoms with E-state index >= 15 is 0 Å². The van der Waals surface area contributed by atoms with Crippen LogP contribution in [0.2, 0.25) is 0 Å². The van der Waals surface area contributed by atoms with Crippen LogP contribution in [-0.2, 0) is 11.3 Å². The van der Waals surface area contributed by atoms with Gasteiger partial charge in [0.15, 0.2) is 5.16 Å². The van der Waals surface area contributed by atoms with Gasteiger partial charge in [-0.2, -0.15) is 11.8 Å². The third-order valence-corrected chi connectivity index (χ3v) is 3.69. The quantitative estimate of drug-likeness (QED) is 0.573. The van der Waals surface area contributed by atoms with Gasteiger partial charge >= 0.3 is 5.97 Å². The maximum absolute atomic E-state index is 10.4. The van der Waals surface area contributed by atoms with Gasteiger partial charge in [0, 0.05) is 18.9 Å². The van der Waals surface area contributed by atoms with E-state index in [1.807, 2.05) is 22.5 Å². The second-order valence-corrected chi connectivity index (χ2v) is 5.21. The normalized spacial score (nSPS) is 10.6. The zero-order chi connectivity index (χ0) is 11.8. The highest BCUT2D eigenvalue weighted by atomic mass is 32.2. The van der Waals surface area contributed by atoms with Crippen molar-refractivity contribution >= 4 is 29.5 Å². The average molecular weight is 260 g/mol. The number of carbonyl (C=O) groups is 1. The average Bonchev–Trinajstić information content (AvgIpc) is 2.69. The summed E-state index contributed by atoms with van der Waals surface area (Å²) in [5.41, 5.74) is 0. The van der Waals surface area contributed by atoms with E-state index in [1.54, 1.807) is 6.20 Å². The summed E-state index contributed by atoms with van der Waals surface area (Å²) in [6.45, 7) is 0.919. The van der Waals surface area contributed by atoms with Crippen LogP contribution in [-0.4, -0.2) is 38.4 Å². The standard InChI is InChI=1S/C10H16N2O2S2/c1-15-7-3-2-5-12-6-4-11-10(12)16-8-9(13)14/h4,6H,2-3,5,7-8H2,1H3,(H,13,14). The first-order chi connectivity index (χ1) is 7.74. The number of unbranched alkanes of at least 4 members (excludes halogenated alkanes) is 1. The molecule has 0 aromatic carbocycles. The van der Waals surface area contributed by atoms with Gasteiger partial charge in [-0.3, -0.25) is 4.79 Å². The summed E-state index contributed by atoms with van der Waals surface area (Å²) in [4.78, 5) is 14.6. The van der Waals surface area contributed by atoms with E-state index < -0.39 is 5.97 Å². The van der Waals surface area contributed by atoms with E-state index in [2.05, 4.69) is 11.2 Å². The molecule has 90 valence electrons. The first kappa shape index (κ1) is 13.4. The van der Waals surface area contributed by atoms with Crippen molar-refractivity contribution in [3.8, 4) is 0 Å². The van der Waals surface area contributed by atoms with Gasteiger partial charge in [0.2, 0.25) is 0 Å². The maximum atomic E-state index is 10.4. The van der Waals surface area contributed by atoms with Crippen LogP contribution in [0, 0.1) is 0 Å². The predicted molar refractivity (Wildman–Crippen MR) is 68.2 cm³/mol. The lowest BCUT2D eigenvalue weighted by molar-refractivity contribution is -0.133. The van der Waals surface area contributed by atoms with Gasteiger partial charge < -0.3 is 9.67 Å². The number of aliphatic carboxylic acids is 1. The SMILES string of the molecule is CSCCCCn1ccnc1SCC(=O)O. The lowest BCUT2D eigenvalue weighted by Gasteiger charge is -2.05. The number of imidazole rings is 1. The van der Waals surface area contributed by atoms with Crippen molar-refractivity contribution in [2.75, 3.05) is 17.8 Å². The van der Waals surface area contributed by atoms with Crippen LogP contribution in [0.15, 0.2) is 17.6 Å². The summed E-state index contributed by atoms with van der Waals surface area (Å²) >= 11 is 3.12. The predicted octanol–water partition coefficient (Wildman–Crippen LogP) is 2.20. The minimum absolute atomic E-state index is 0.0713. The van der Waals surface area contributed by atoms with Crippen LogP contribution >= 0.6 is 23.5 Å². The van der Waals surface area contributed by atoms with Gasteiger partial charge in [0.05, 0.1) is 5.75 Å². The highest BCUT2D eigenvalue weighted by Gasteiger charge is 2.05. The molecule has 1 aromatic rings. The van der Waals surface area contributed by atoms with Crippen LogP contribution < -0.4 is 0 Å². The van der Waals surface area contributed by atoms with Crippen molar-refractivity contribution in [2.45, 2.75) is 24.5 Å². The fourth-order valence-electron chi connectivity index (χ4n) is 1.26. The molecule has 4 nitrogen and oxygen atoms in total. The van der Waals surface area contributed by atoms with Crippen molar-refractivity contribution in [3.05, 3.63) is 12.4 Å². The Kier molecular flexibility index (Phi) is 6.40. The molecule has 0 bridgehead atoms. The van der Waals surface area contributed by atoms with Crippen LogP contribution in [0.3, 0.4) is 0 Å². The largest absolute Gasteiger partial charge is 0.481 e. The lowest BCUT2D eigenvalue weighted by atomic mass is 10.3. The molecule has 0 aliphatic rings. The zero-order valence-corrected chi connectivity index (χ0v) is 10.9. The fraction of sp³-hybridized carbons (Fsp3) is 0.600. The van der Waals surface area contributed by atoms with Crippen LogP contribution in [0.5, 0.6) is 0 Å². The minimum atomic E-state index is -0.804. The van der Waals surface area contributed by atoms with Gasteiger partial charge in [0.1, 0.15) is 0 Å². The first-order valence-electron chi connectivity index (χ1n) is 5.08. The molecular weight excluding hydrogens is 244 g/mol. The van der Waals surface area contributed by atoms with E-state index in [0.717, 1.165) is 18.1 Å². The topological polar surface area (TPSA) is 55.1 Å². The van der Waals surface area contributed by atoms with Crippen molar-refractivity contribution in [3.63, 3.8) is 0 Å². The van der Waals surface area contributed by atoms with E-state index in [9.17, 15) is 4.79 Å².